The van der Waals surface area contributed by atoms with E-state index < -0.39 is 0 Å². The van der Waals surface area contributed by atoms with E-state index in [1.165, 1.54) is 56.3 Å². The van der Waals surface area contributed by atoms with E-state index in [9.17, 15) is 0 Å². The van der Waals surface area contributed by atoms with Gasteiger partial charge in [0, 0.05) is 46.4 Å². The number of halogens is 1. The second-order valence-electron chi connectivity index (χ2n) is 9.17. The van der Waals surface area contributed by atoms with E-state index in [-0.39, 0.29) is 24.0 Å². The number of hydrogen-bond donors (Lipinski definition) is 1. The highest BCUT2D eigenvalue weighted by Crippen LogP contribution is 2.20. The van der Waals surface area contributed by atoms with Crippen LogP contribution in [0.2, 0.25) is 0 Å². The fourth-order valence-corrected chi connectivity index (χ4v) is 4.48. The molecule has 0 radical (unpaired) electrons. The maximum atomic E-state index is 5.49. The number of nitrogens with zero attached hydrogens (tertiary/aromatic N) is 3. The minimum Gasteiger partial charge on any atom is -0.381 e. The normalized spacial score (nSPS) is 19.1. The summed E-state index contributed by atoms with van der Waals surface area (Å²) in [5.41, 5.74) is 2.77. The Labute approximate surface area is 207 Å². The molecular formula is C25H43IN4O. The van der Waals surface area contributed by atoms with Gasteiger partial charge < -0.3 is 15.0 Å². The summed E-state index contributed by atoms with van der Waals surface area (Å²) in [5, 5.41) is 3.50. The minimum atomic E-state index is 0. The molecule has 176 valence electrons. The van der Waals surface area contributed by atoms with Crippen LogP contribution in [0.4, 0.5) is 0 Å². The summed E-state index contributed by atoms with van der Waals surface area (Å²) in [6.45, 7) is 12.6. The van der Waals surface area contributed by atoms with Crippen LogP contribution in [-0.4, -0.2) is 68.7 Å². The van der Waals surface area contributed by atoms with Crippen molar-refractivity contribution in [1.82, 2.24) is 15.1 Å². The maximum Gasteiger partial charge on any atom is 0.193 e. The van der Waals surface area contributed by atoms with E-state index in [1.54, 1.807) is 0 Å². The third kappa shape index (κ3) is 9.26. The first-order valence-corrected chi connectivity index (χ1v) is 12.0. The van der Waals surface area contributed by atoms with E-state index in [1.807, 2.05) is 0 Å². The number of ether oxygens (including phenoxy) is 1. The van der Waals surface area contributed by atoms with Gasteiger partial charge in [-0.2, -0.15) is 0 Å². The average molecular weight is 543 g/mol. The van der Waals surface area contributed by atoms with Gasteiger partial charge in [-0.05, 0) is 76.4 Å². The Morgan fingerprint density at radius 2 is 1.77 bits per heavy atom. The smallest absolute Gasteiger partial charge is 0.193 e. The fraction of sp³-hybridized carbons (Fsp3) is 0.720. The van der Waals surface area contributed by atoms with Crippen molar-refractivity contribution in [2.75, 3.05) is 53.0 Å². The van der Waals surface area contributed by atoms with Crippen LogP contribution >= 0.6 is 24.0 Å². The molecule has 2 fully saturated rings. The lowest BCUT2D eigenvalue weighted by atomic mass is 9.96. The first-order valence-electron chi connectivity index (χ1n) is 12.0. The fourth-order valence-electron chi connectivity index (χ4n) is 4.48. The molecule has 2 heterocycles. The Balaban J connectivity index is 0.00000341. The number of aryl methyl sites for hydroxylation is 1. The molecule has 31 heavy (non-hydrogen) atoms. The average Bonchev–Trinajstić information content (AvgIpc) is 2.78. The summed E-state index contributed by atoms with van der Waals surface area (Å²) in [5.74, 6) is 2.59. The van der Waals surface area contributed by atoms with Crippen molar-refractivity contribution in [3.8, 4) is 0 Å². The first kappa shape index (κ1) is 26.4. The standard InChI is InChI=1S/C25H42N4O.HI/c1-4-26-25(28(3)14-9-22-12-17-30-18-13-22)27-19-23-10-15-29(16-11-23)20-24-7-5-21(2)6-8-24;/h5-8,22-23H,4,9-20H2,1-3H3,(H,26,27);1H. The summed E-state index contributed by atoms with van der Waals surface area (Å²) in [7, 11) is 2.19. The third-order valence-electron chi connectivity index (χ3n) is 6.64. The topological polar surface area (TPSA) is 40.1 Å². The summed E-state index contributed by atoms with van der Waals surface area (Å²) >= 11 is 0. The van der Waals surface area contributed by atoms with Gasteiger partial charge in [0.1, 0.15) is 0 Å². The Hall–Kier alpha value is -0.860. The summed E-state index contributed by atoms with van der Waals surface area (Å²) < 4.78 is 5.49. The Morgan fingerprint density at radius 1 is 1.10 bits per heavy atom. The lowest BCUT2D eigenvalue weighted by molar-refractivity contribution is 0.0625. The number of nitrogens with one attached hydrogen (secondary N) is 1. The number of likely N-dealkylation sites (tertiary alicyclic amines) is 1. The van der Waals surface area contributed by atoms with Crippen LogP contribution in [0.25, 0.3) is 0 Å². The van der Waals surface area contributed by atoms with Crippen molar-refractivity contribution < 1.29 is 4.74 Å². The molecule has 2 saturated heterocycles. The molecule has 0 atom stereocenters. The molecule has 0 aliphatic carbocycles. The van der Waals surface area contributed by atoms with Crippen molar-refractivity contribution in [3.63, 3.8) is 0 Å². The SMILES string of the molecule is CCNC(=NCC1CCN(Cc2ccc(C)cc2)CC1)N(C)CCC1CCOCC1.I. The third-order valence-corrected chi connectivity index (χ3v) is 6.64. The van der Waals surface area contributed by atoms with Crippen molar-refractivity contribution in [1.29, 1.82) is 0 Å². The van der Waals surface area contributed by atoms with Crippen molar-refractivity contribution >= 4 is 29.9 Å². The highest BCUT2D eigenvalue weighted by Gasteiger charge is 2.20. The molecule has 2 aliphatic heterocycles. The van der Waals surface area contributed by atoms with Crippen LogP contribution < -0.4 is 5.32 Å². The lowest BCUT2D eigenvalue weighted by Gasteiger charge is -2.32. The summed E-state index contributed by atoms with van der Waals surface area (Å²) in [6.07, 6.45) is 6.16. The van der Waals surface area contributed by atoms with Crippen molar-refractivity contribution in [2.24, 2.45) is 16.8 Å². The largest absolute Gasteiger partial charge is 0.381 e. The molecule has 0 unspecified atom stereocenters. The van der Waals surface area contributed by atoms with Gasteiger partial charge in [0.2, 0.25) is 0 Å². The van der Waals surface area contributed by atoms with Crippen LogP contribution in [0.15, 0.2) is 29.3 Å². The Morgan fingerprint density at radius 3 is 2.42 bits per heavy atom. The molecule has 0 saturated carbocycles. The molecule has 1 N–H and O–H groups in total. The number of guanidine groups is 1. The molecular weight excluding hydrogens is 499 g/mol. The molecule has 0 aromatic heterocycles. The minimum absolute atomic E-state index is 0. The molecule has 1 aromatic carbocycles. The van der Waals surface area contributed by atoms with Gasteiger partial charge in [-0.1, -0.05) is 29.8 Å². The van der Waals surface area contributed by atoms with Gasteiger partial charge in [0.25, 0.3) is 0 Å². The molecule has 0 bridgehead atoms. The first-order chi connectivity index (χ1) is 14.6. The zero-order valence-corrected chi connectivity index (χ0v) is 22.1. The molecule has 0 spiro atoms. The number of aliphatic imine (C=N–C) groups is 1. The van der Waals surface area contributed by atoms with Gasteiger partial charge in [-0.15, -0.1) is 24.0 Å². The van der Waals surface area contributed by atoms with Gasteiger partial charge >= 0.3 is 0 Å². The summed E-state index contributed by atoms with van der Waals surface area (Å²) in [6, 6.07) is 8.98. The summed E-state index contributed by atoms with van der Waals surface area (Å²) in [4.78, 5) is 9.93. The van der Waals surface area contributed by atoms with Crippen LogP contribution in [0.5, 0.6) is 0 Å². The highest BCUT2D eigenvalue weighted by molar-refractivity contribution is 14.0. The molecule has 6 heteroatoms. The van der Waals surface area contributed by atoms with Gasteiger partial charge in [0.15, 0.2) is 5.96 Å². The van der Waals surface area contributed by atoms with Crippen molar-refractivity contribution in [3.05, 3.63) is 35.4 Å². The second kappa shape index (κ2) is 14.3. The van der Waals surface area contributed by atoms with E-state index in [0.29, 0.717) is 5.92 Å². The van der Waals surface area contributed by atoms with E-state index >= 15 is 0 Å². The zero-order valence-electron chi connectivity index (χ0n) is 19.8. The van der Waals surface area contributed by atoms with Gasteiger partial charge in [-0.25, -0.2) is 0 Å². The maximum absolute atomic E-state index is 5.49. The van der Waals surface area contributed by atoms with E-state index in [0.717, 1.165) is 51.3 Å². The molecule has 5 nitrogen and oxygen atoms in total. The predicted molar refractivity (Wildman–Crippen MR) is 141 cm³/mol. The lowest BCUT2D eigenvalue weighted by Crippen LogP contribution is -2.41. The Kier molecular flexibility index (Phi) is 12.2. The zero-order chi connectivity index (χ0) is 21.2. The van der Waals surface area contributed by atoms with E-state index in [4.69, 9.17) is 9.73 Å². The quantitative estimate of drug-likeness (QED) is 0.298. The van der Waals surface area contributed by atoms with Crippen LogP contribution in [-0.2, 0) is 11.3 Å². The molecule has 3 rings (SSSR count). The Bertz CT molecular complexity index is 637. The monoisotopic (exact) mass is 542 g/mol. The number of benzene rings is 1. The van der Waals surface area contributed by atoms with Crippen molar-refractivity contribution in [2.45, 2.75) is 52.5 Å². The number of rotatable bonds is 8. The van der Waals surface area contributed by atoms with Crippen LogP contribution in [0.1, 0.15) is 50.2 Å². The number of hydrogen-bond acceptors (Lipinski definition) is 3. The second-order valence-corrected chi connectivity index (χ2v) is 9.17. The predicted octanol–water partition coefficient (Wildman–Crippen LogP) is 4.54. The molecule has 0 amide bonds. The molecule has 1 aromatic rings. The van der Waals surface area contributed by atoms with Gasteiger partial charge in [0.05, 0.1) is 0 Å². The number of piperidine rings is 1. The van der Waals surface area contributed by atoms with Crippen LogP contribution in [0.3, 0.4) is 0 Å². The van der Waals surface area contributed by atoms with Crippen LogP contribution in [0, 0.1) is 18.8 Å². The van der Waals surface area contributed by atoms with Gasteiger partial charge in [-0.3, -0.25) is 9.89 Å². The molecule has 2 aliphatic rings. The van der Waals surface area contributed by atoms with E-state index in [2.05, 4.69) is 60.3 Å². The highest BCUT2D eigenvalue weighted by atomic mass is 127.